The molecule has 0 aliphatic heterocycles. The second-order valence-corrected chi connectivity index (χ2v) is 9.20. The Bertz CT molecular complexity index is 960. The molecule has 3 rings (SSSR count). The molecule has 0 saturated carbocycles. The predicted octanol–water partition coefficient (Wildman–Crippen LogP) is 5.21. The van der Waals surface area contributed by atoms with E-state index in [1.165, 1.54) is 0 Å². The van der Waals surface area contributed by atoms with Gasteiger partial charge in [0, 0.05) is 10.9 Å². The van der Waals surface area contributed by atoms with Crippen LogP contribution in [0.25, 0.3) is 0 Å². The van der Waals surface area contributed by atoms with Gasteiger partial charge in [0.1, 0.15) is 6.07 Å². The van der Waals surface area contributed by atoms with Gasteiger partial charge in [-0.3, -0.25) is 0 Å². The maximum absolute atomic E-state index is 10.1. The largest absolute Gasteiger partial charge is 0.399 e. The van der Waals surface area contributed by atoms with Crippen LogP contribution in [0.4, 0.5) is 0 Å². The van der Waals surface area contributed by atoms with Crippen LogP contribution in [0.1, 0.15) is 45.1 Å². The summed E-state index contributed by atoms with van der Waals surface area (Å²) < 4.78 is 0. The molecular formula is C23H23ClN4. The third kappa shape index (κ3) is 2.97. The van der Waals surface area contributed by atoms with Crippen molar-refractivity contribution >= 4 is 11.6 Å². The highest BCUT2D eigenvalue weighted by Crippen LogP contribution is 2.57. The first-order valence-electron chi connectivity index (χ1n) is 9.38. The van der Waals surface area contributed by atoms with Crippen molar-refractivity contribution in [1.29, 1.82) is 15.8 Å². The minimum absolute atomic E-state index is 0.0664. The van der Waals surface area contributed by atoms with Gasteiger partial charge in [-0.15, -0.1) is 0 Å². The van der Waals surface area contributed by atoms with E-state index in [2.05, 4.69) is 45.1 Å². The number of hydrogen-bond donors (Lipinski definition) is 1. The van der Waals surface area contributed by atoms with E-state index in [1.807, 2.05) is 12.1 Å². The zero-order chi connectivity index (χ0) is 20.7. The lowest BCUT2D eigenvalue weighted by Gasteiger charge is -2.47. The van der Waals surface area contributed by atoms with Crippen LogP contribution in [0.3, 0.4) is 0 Å². The van der Waals surface area contributed by atoms with Crippen molar-refractivity contribution in [3.8, 4) is 18.2 Å². The van der Waals surface area contributed by atoms with E-state index in [1.54, 1.807) is 12.1 Å². The SMILES string of the molecule is CC(C)(C)[C@H]1CC=C2C(C#N)=C(N)C(C#N)(C#N)[C@H](c3ccc(Cl)cc3)[C@@H]2C1. The standard InChI is InChI=1S/C23H23ClN4/c1-22(2,3)15-6-9-17-18(10-15)20(14-4-7-16(24)8-5-14)23(12-26,13-27)21(28)19(17)11-25/h4-5,7-9,15,18,20H,6,10,28H2,1-3H3/t15-,18+,20+/m0/s1. The molecule has 5 heteroatoms. The molecule has 2 aliphatic carbocycles. The van der Waals surface area contributed by atoms with Gasteiger partial charge < -0.3 is 5.73 Å². The second-order valence-electron chi connectivity index (χ2n) is 8.76. The summed E-state index contributed by atoms with van der Waals surface area (Å²) in [5.74, 6) is -0.195. The zero-order valence-corrected chi connectivity index (χ0v) is 17.1. The number of halogens is 1. The van der Waals surface area contributed by atoms with Crippen molar-refractivity contribution in [3.63, 3.8) is 0 Å². The summed E-state index contributed by atoms with van der Waals surface area (Å²) in [6.07, 6.45) is 3.75. The number of hydrogen-bond acceptors (Lipinski definition) is 4. The summed E-state index contributed by atoms with van der Waals surface area (Å²) >= 11 is 6.07. The lowest BCUT2D eigenvalue weighted by Crippen LogP contribution is -2.44. The zero-order valence-electron chi connectivity index (χ0n) is 16.3. The summed E-state index contributed by atoms with van der Waals surface area (Å²) in [6, 6.07) is 13.8. The lowest BCUT2D eigenvalue weighted by molar-refractivity contribution is 0.170. The molecule has 1 aromatic rings. The molecule has 2 N–H and O–H groups in total. The van der Waals surface area contributed by atoms with Crippen LogP contribution in [0, 0.1) is 56.7 Å². The van der Waals surface area contributed by atoms with Gasteiger partial charge in [0.05, 0.1) is 23.4 Å². The molecule has 0 bridgehead atoms. The summed E-state index contributed by atoms with van der Waals surface area (Å²) in [6.45, 7) is 6.61. The fourth-order valence-corrected chi connectivity index (χ4v) is 4.77. The smallest absolute Gasteiger partial charge is 0.191 e. The average molecular weight is 391 g/mol. The van der Waals surface area contributed by atoms with Gasteiger partial charge in [-0.2, -0.15) is 15.8 Å². The van der Waals surface area contributed by atoms with Crippen molar-refractivity contribution in [2.75, 3.05) is 0 Å². The van der Waals surface area contributed by atoms with E-state index >= 15 is 0 Å². The van der Waals surface area contributed by atoms with Gasteiger partial charge >= 0.3 is 0 Å². The van der Waals surface area contributed by atoms with E-state index in [0.29, 0.717) is 16.5 Å². The van der Waals surface area contributed by atoms with Crippen LogP contribution in [0.15, 0.2) is 47.2 Å². The Morgan fingerprint density at radius 2 is 1.71 bits per heavy atom. The van der Waals surface area contributed by atoms with E-state index in [-0.39, 0.29) is 17.0 Å². The summed E-state index contributed by atoms with van der Waals surface area (Å²) in [4.78, 5) is 0. The summed E-state index contributed by atoms with van der Waals surface area (Å²) in [7, 11) is 0. The fraction of sp³-hybridized carbons (Fsp3) is 0.435. The Hall–Kier alpha value is -2.74. The number of nitriles is 3. The molecule has 0 radical (unpaired) electrons. The maximum atomic E-state index is 10.1. The Labute approximate surface area is 171 Å². The molecule has 0 saturated heterocycles. The van der Waals surface area contributed by atoms with Gasteiger partial charge in [0.2, 0.25) is 0 Å². The van der Waals surface area contributed by atoms with Gasteiger partial charge in [-0.25, -0.2) is 0 Å². The molecule has 3 atom stereocenters. The highest BCUT2D eigenvalue weighted by molar-refractivity contribution is 6.30. The van der Waals surface area contributed by atoms with Crippen LogP contribution in [0.2, 0.25) is 5.02 Å². The molecule has 0 aromatic heterocycles. The second kappa shape index (κ2) is 7.01. The summed E-state index contributed by atoms with van der Waals surface area (Å²) in [5, 5.41) is 30.5. The predicted molar refractivity (Wildman–Crippen MR) is 108 cm³/mol. The van der Waals surface area contributed by atoms with Crippen LogP contribution >= 0.6 is 11.6 Å². The topological polar surface area (TPSA) is 97.4 Å². The van der Waals surface area contributed by atoms with Crippen molar-refractivity contribution in [3.05, 3.63) is 57.8 Å². The van der Waals surface area contributed by atoms with Crippen LogP contribution in [0.5, 0.6) is 0 Å². The van der Waals surface area contributed by atoms with Crippen molar-refractivity contribution < 1.29 is 0 Å². The van der Waals surface area contributed by atoms with Crippen molar-refractivity contribution in [2.45, 2.75) is 39.5 Å². The van der Waals surface area contributed by atoms with Crippen LogP contribution in [-0.2, 0) is 0 Å². The van der Waals surface area contributed by atoms with E-state index in [0.717, 1.165) is 24.0 Å². The van der Waals surface area contributed by atoms with Crippen molar-refractivity contribution in [2.24, 2.45) is 28.4 Å². The normalized spacial score (nSPS) is 26.3. The molecule has 142 valence electrons. The van der Waals surface area contributed by atoms with E-state index in [4.69, 9.17) is 17.3 Å². The number of rotatable bonds is 1. The molecule has 28 heavy (non-hydrogen) atoms. The molecule has 0 heterocycles. The minimum Gasteiger partial charge on any atom is -0.399 e. The number of benzene rings is 1. The van der Waals surface area contributed by atoms with Gasteiger partial charge in [0.15, 0.2) is 5.41 Å². The number of allylic oxidation sites excluding steroid dienone is 4. The van der Waals surface area contributed by atoms with Gasteiger partial charge in [-0.1, -0.05) is 50.6 Å². The van der Waals surface area contributed by atoms with E-state index in [9.17, 15) is 15.8 Å². The molecule has 0 spiro atoms. The third-order valence-corrected chi connectivity index (χ3v) is 6.58. The minimum atomic E-state index is -1.58. The number of nitrogens with two attached hydrogens (primary N) is 1. The lowest BCUT2D eigenvalue weighted by atomic mass is 9.54. The molecular weight excluding hydrogens is 368 g/mol. The van der Waals surface area contributed by atoms with Gasteiger partial charge in [0.25, 0.3) is 0 Å². The highest BCUT2D eigenvalue weighted by atomic mass is 35.5. The Morgan fingerprint density at radius 3 is 2.21 bits per heavy atom. The first-order valence-corrected chi connectivity index (χ1v) is 9.76. The highest BCUT2D eigenvalue weighted by Gasteiger charge is 2.54. The van der Waals surface area contributed by atoms with Crippen LogP contribution in [-0.4, -0.2) is 0 Å². The Balaban J connectivity index is 2.29. The molecule has 1 aromatic carbocycles. The molecule has 0 fully saturated rings. The fourth-order valence-electron chi connectivity index (χ4n) is 4.64. The van der Waals surface area contributed by atoms with Gasteiger partial charge in [-0.05, 0) is 53.4 Å². The average Bonchev–Trinajstić information content (AvgIpc) is 2.67. The maximum Gasteiger partial charge on any atom is 0.191 e. The first-order chi connectivity index (χ1) is 13.2. The molecule has 2 aliphatic rings. The quantitative estimate of drug-likeness (QED) is 0.711. The Kier molecular flexibility index (Phi) is 5.01. The monoisotopic (exact) mass is 390 g/mol. The molecule has 4 nitrogen and oxygen atoms in total. The third-order valence-electron chi connectivity index (χ3n) is 6.33. The van der Waals surface area contributed by atoms with E-state index < -0.39 is 11.3 Å². The van der Waals surface area contributed by atoms with Crippen LogP contribution < -0.4 is 5.73 Å². The number of nitrogens with zero attached hydrogens (tertiary/aromatic N) is 3. The molecule has 0 amide bonds. The number of fused-ring (bicyclic) bond motifs is 1. The summed E-state index contributed by atoms with van der Waals surface area (Å²) in [5.41, 5.74) is 6.90. The van der Waals surface area contributed by atoms with Crippen molar-refractivity contribution in [1.82, 2.24) is 0 Å². The first kappa shape index (κ1) is 20.0. The Morgan fingerprint density at radius 1 is 1.11 bits per heavy atom. The molecule has 0 unspecified atom stereocenters.